The van der Waals surface area contributed by atoms with E-state index in [-0.39, 0.29) is 53.6 Å². The van der Waals surface area contributed by atoms with Gasteiger partial charge in [0.2, 0.25) is 0 Å². The number of halogens is 4. The van der Waals surface area contributed by atoms with Crippen LogP contribution >= 0.6 is 23.4 Å². The lowest BCUT2D eigenvalue weighted by Crippen LogP contribution is -2.04. The second-order valence-corrected chi connectivity index (χ2v) is 18.7. The molecule has 0 unspecified atom stereocenters. The van der Waals surface area contributed by atoms with Crippen molar-refractivity contribution in [1.29, 1.82) is 0 Å². The van der Waals surface area contributed by atoms with Crippen molar-refractivity contribution in [3.05, 3.63) is 151 Å². The lowest BCUT2D eigenvalue weighted by molar-refractivity contribution is 0.508. The second kappa shape index (κ2) is 26.8. The number of nitrogens with zero attached hydrogens (tertiary/aromatic N) is 14. The number of fused-ring (bicyclic) bond motifs is 4. The number of aromatic nitrogens is 14. The van der Waals surface area contributed by atoms with Crippen LogP contribution in [0.2, 0.25) is 5.02 Å². The summed E-state index contributed by atoms with van der Waals surface area (Å²) in [7, 11) is 0. The molecular weight excluding hydrogens is 1010 g/mol. The fourth-order valence-electron chi connectivity index (χ4n) is 8.02. The summed E-state index contributed by atoms with van der Waals surface area (Å²) in [5, 5.41) is 1.46. The molecule has 0 aliphatic rings. The van der Waals surface area contributed by atoms with Crippen molar-refractivity contribution in [2.75, 3.05) is 6.26 Å². The van der Waals surface area contributed by atoms with Crippen molar-refractivity contribution in [2.24, 2.45) is 0 Å². The van der Waals surface area contributed by atoms with E-state index in [2.05, 4.69) is 101 Å². The molecule has 0 aliphatic heterocycles. The van der Waals surface area contributed by atoms with Crippen LogP contribution in [0.1, 0.15) is 109 Å². The van der Waals surface area contributed by atoms with Crippen LogP contribution in [0.5, 0.6) is 0 Å². The molecule has 0 saturated carbocycles. The first-order chi connectivity index (χ1) is 34.6. The first kappa shape index (κ1) is 61.0. The van der Waals surface area contributed by atoms with Gasteiger partial charge in [-0.1, -0.05) is 65.2 Å². The minimum Gasteiger partial charge on any atom is -0.306 e. The number of hydrogen-bond donors (Lipinski definition) is 0. The van der Waals surface area contributed by atoms with Crippen LogP contribution in [0, 0.1) is 17.5 Å². The first-order valence-corrected chi connectivity index (χ1v) is 24.8. The fourth-order valence-corrected chi connectivity index (χ4v) is 8.86. The third kappa shape index (κ3) is 13.1. The van der Waals surface area contributed by atoms with Gasteiger partial charge in [-0.25, -0.2) is 53.0 Å². The summed E-state index contributed by atoms with van der Waals surface area (Å²) in [5.41, 5.74) is 8.54. The quantitative estimate of drug-likeness (QED) is 0.134. The van der Waals surface area contributed by atoms with E-state index < -0.39 is 11.6 Å². The number of hydrogen-bond acceptors (Lipinski definition) is 11. The molecule has 0 atom stereocenters. The standard InChI is InChI=1S/C15H13F2N3.C14H13ClN4.C14H14N4.C10H12FN3S.4CH4/c1-9(2)20-14(10-5-6-11(16)12(17)8-10)19-13-4-3-7-18-15(13)20;1-9(2)19-13-12(7-10(15)8-17-13)18-14(19)11-5-3-4-6-16-11;1-10(2)18-13-12(7-5-9-16-13)17-14(18)11-6-3-4-8-15-11;1-6(2)14-9-8(13-10(14)15-3)4-7(11)5-12-9;;;;/h3-9H,1-2H3;3-9H,1-2H3;3-10H,1-2H3;4-6H,1-3H3;4*1H4. The van der Waals surface area contributed by atoms with Crippen molar-refractivity contribution in [3.8, 4) is 34.4 Å². The highest BCUT2D eigenvalue weighted by atomic mass is 35.5. The molecule has 0 radical (unpaired) electrons. The largest absolute Gasteiger partial charge is 0.306 e. The molecule has 0 bridgehead atoms. The van der Waals surface area contributed by atoms with Gasteiger partial charge >= 0.3 is 0 Å². The number of thioether (sulfide) groups is 1. The lowest BCUT2D eigenvalue weighted by Gasteiger charge is -2.12. The molecule has 0 saturated heterocycles. The Morgan fingerprint density at radius 3 is 1.37 bits per heavy atom. The van der Waals surface area contributed by atoms with Crippen LogP contribution in [0.3, 0.4) is 0 Å². The zero-order valence-corrected chi connectivity index (χ0v) is 42.7. The SMILES string of the molecule is C.C.C.C.CC(C)n1c(-c2ccc(F)c(F)c2)nc2cccnc21.CC(C)n1c(-c2ccccn2)nc2cc(Cl)cnc21.CC(C)n1c(-c2ccccn2)nc2cccnc21.CSc1nc2cc(F)cnc2n1C(C)C. The molecule has 11 rings (SSSR count). The topological polar surface area (TPSA) is 149 Å². The number of pyridine rings is 6. The van der Waals surface area contributed by atoms with Crippen molar-refractivity contribution < 1.29 is 13.2 Å². The minimum atomic E-state index is -0.877. The average molecular weight is 1070 g/mol. The van der Waals surface area contributed by atoms with Gasteiger partial charge in [-0.15, -0.1) is 0 Å². The highest BCUT2D eigenvalue weighted by Crippen LogP contribution is 2.31. The molecule has 400 valence electrons. The van der Waals surface area contributed by atoms with Gasteiger partial charge in [0.15, 0.2) is 51.0 Å². The molecular formula is C57H68ClF3N14S. The number of benzene rings is 1. The maximum Gasteiger partial charge on any atom is 0.170 e. The molecule has 11 aromatic rings. The summed E-state index contributed by atoms with van der Waals surface area (Å²) in [6.07, 6.45) is 11.9. The summed E-state index contributed by atoms with van der Waals surface area (Å²) in [6.45, 7) is 16.6. The highest BCUT2D eigenvalue weighted by Gasteiger charge is 2.20. The van der Waals surface area contributed by atoms with E-state index in [0.29, 0.717) is 28.0 Å². The molecule has 1 aromatic carbocycles. The Morgan fingerprint density at radius 2 is 0.882 bits per heavy atom. The average Bonchev–Trinajstić information content (AvgIpc) is 4.16. The van der Waals surface area contributed by atoms with Gasteiger partial charge in [-0.05, 0) is 134 Å². The van der Waals surface area contributed by atoms with Crippen LogP contribution in [-0.2, 0) is 0 Å². The Kier molecular flexibility index (Phi) is 21.5. The van der Waals surface area contributed by atoms with E-state index in [1.807, 2.05) is 89.9 Å². The summed E-state index contributed by atoms with van der Waals surface area (Å²) >= 11 is 7.52. The molecule has 0 spiro atoms. The van der Waals surface area contributed by atoms with E-state index in [9.17, 15) is 13.2 Å². The normalized spacial score (nSPS) is 10.8. The van der Waals surface area contributed by atoms with Crippen LogP contribution in [0.4, 0.5) is 13.2 Å². The predicted molar refractivity (Wildman–Crippen MR) is 307 cm³/mol. The third-order valence-corrected chi connectivity index (χ3v) is 11.9. The van der Waals surface area contributed by atoms with Gasteiger partial charge < -0.3 is 18.3 Å². The summed E-state index contributed by atoms with van der Waals surface area (Å²) < 4.78 is 47.6. The van der Waals surface area contributed by atoms with Gasteiger partial charge in [0.1, 0.15) is 45.1 Å². The van der Waals surface area contributed by atoms with E-state index in [1.54, 1.807) is 48.8 Å². The summed E-state index contributed by atoms with van der Waals surface area (Å²) in [6, 6.07) is 27.1. The van der Waals surface area contributed by atoms with E-state index in [0.717, 1.165) is 79.5 Å². The van der Waals surface area contributed by atoms with Crippen molar-refractivity contribution >= 4 is 68.0 Å². The monoisotopic (exact) mass is 1070 g/mol. The molecule has 14 nitrogen and oxygen atoms in total. The number of rotatable bonds is 8. The maximum absolute atomic E-state index is 13.4. The summed E-state index contributed by atoms with van der Waals surface area (Å²) in [4.78, 5) is 44.0. The Bertz CT molecular complexity index is 3610. The van der Waals surface area contributed by atoms with Gasteiger partial charge in [0.25, 0.3) is 0 Å². The Balaban J connectivity index is 0.000000216. The van der Waals surface area contributed by atoms with E-state index >= 15 is 0 Å². The molecule has 10 heterocycles. The maximum atomic E-state index is 13.4. The third-order valence-electron chi connectivity index (χ3n) is 11.1. The Morgan fingerprint density at radius 1 is 0.434 bits per heavy atom. The highest BCUT2D eigenvalue weighted by molar-refractivity contribution is 7.98. The molecule has 76 heavy (non-hydrogen) atoms. The van der Waals surface area contributed by atoms with Gasteiger partial charge in [0, 0.05) is 66.8 Å². The van der Waals surface area contributed by atoms with Gasteiger partial charge in [-0.3, -0.25) is 9.97 Å². The smallest absolute Gasteiger partial charge is 0.170 e. The Labute approximate surface area is 453 Å². The molecule has 0 fully saturated rings. The van der Waals surface area contributed by atoms with Crippen LogP contribution in [-0.4, -0.2) is 74.4 Å². The zero-order chi connectivity index (χ0) is 51.2. The second-order valence-electron chi connectivity index (χ2n) is 17.5. The predicted octanol–water partition coefficient (Wildman–Crippen LogP) is 16.2. The molecule has 0 aliphatic carbocycles. The van der Waals surface area contributed by atoms with Gasteiger partial charge in [0.05, 0.1) is 11.2 Å². The van der Waals surface area contributed by atoms with Gasteiger partial charge in [-0.2, -0.15) is 0 Å². The van der Waals surface area contributed by atoms with Crippen molar-refractivity contribution in [3.63, 3.8) is 0 Å². The summed E-state index contributed by atoms with van der Waals surface area (Å²) in [5.74, 6) is 0.202. The van der Waals surface area contributed by atoms with E-state index in [4.69, 9.17) is 11.6 Å². The van der Waals surface area contributed by atoms with E-state index in [1.165, 1.54) is 18.3 Å². The lowest BCUT2D eigenvalue weighted by atomic mass is 10.2. The fraction of sp³-hybridized carbons (Fsp3) is 0.298. The first-order valence-electron chi connectivity index (χ1n) is 23.2. The molecule has 0 amide bonds. The van der Waals surface area contributed by atoms with Crippen LogP contribution in [0.15, 0.2) is 133 Å². The zero-order valence-electron chi connectivity index (χ0n) is 41.1. The molecule has 0 N–H and O–H groups in total. The van der Waals surface area contributed by atoms with Crippen LogP contribution in [0.25, 0.3) is 79.1 Å². The molecule has 19 heteroatoms. The van der Waals surface area contributed by atoms with Crippen molar-refractivity contribution in [2.45, 2.75) is 114 Å². The minimum absolute atomic E-state index is 0. The Hall–Kier alpha value is -7.57. The van der Waals surface area contributed by atoms with Crippen LogP contribution < -0.4 is 0 Å². The number of imidazole rings is 4. The van der Waals surface area contributed by atoms with Crippen molar-refractivity contribution in [1.82, 2.24) is 68.1 Å². The molecule has 10 aromatic heterocycles.